The highest BCUT2D eigenvalue weighted by atomic mass is 16.5. The third-order valence-corrected chi connectivity index (χ3v) is 3.10. The Morgan fingerprint density at radius 1 is 1.50 bits per heavy atom. The number of nitrogen functional groups attached to an aromatic ring is 1. The first kappa shape index (κ1) is 13.9. The first-order valence-electron chi connectivity index (χ1n) is 6.22. The molecule has 0 aliphatic heterocycles. The fourth-order valence-electron chi connectivity index (χ4n) is 1.90. The number of rotatable bonds is 4. The summed E-state index contributed by atoms with van der Waals surface area (Å²) in [6.07, 6.45) is 1.64. The van der Waals surface area contributed by atoms with Gasteiger partial charge in [-0.15, -0.1) is 0 Å². The van der Waals surface area contributed by atoms with Gasteiger partial charge in [0, 0.05) is 19.2 Å². The van der Waals surface area contributed by atoms with Crippen molar-refractivity contribution in [1.29, 1.82) is 0 Å². The van der Waals surface area contributed by atoms with Crippen molar-refractivity contribution in [2.24, 2.45) is 7.05 Å². The maximum Gasteiger partial charge on any atom is 0.255 e. The largest absolute Gasteiger partial charge is 0.496 e. The molecule has 0 aliphatic rings. The van der Waals surface area contributed by atoms with Gasteiger partial charge in [0.1, 0.15) is 11.6 Å². The van der Waals surface area contributed by atoms with Gasteiger partial charge in [0.2, 0.25) is 0 Å². The van der Waals surface area contributed by atoms with Crippen LogP contribution in [0.2, 0.25) is 0 Å². The molecule has 0 saturated heterocycles. The molecule has 0 aliphatic carbocycles. The molecule has 1 amide bonds. The Balaban J connectivity index is 2.12. The number of nitrogens with zero attached hydrogens (tertiary/aromatic N) is 2. The van der Waals surface area contributed by atoms with E-state index in [4.69, 9.17) is 10.5 Å². The van der Waals surface area contributed by atoms with Crippen LogP contribution in [0.25, 0.3) is 0 Å². The molecule has 0 saturated carbocycles. The number of methoxy groups -OCH3 is 1. The molecule has 106 valence electrons. The number of anilines is 1. The van der Waals surface area contributed by atoms with Crippen LogP contribution >= 0.6 is 0 Å². The molecule has 2 rings (SSSR count). The zero-order valence-corrected chi connectivity index (χ0v) is 11.8. The maximum absolute atomic E-state index is 12.2. The van der Waals surface area contributed by atoms with E-state index in [1.165, 1.54) is 0 Å². The van der Waals surface area contributed by atoms with E-state index in [9.17, 15) is 4.79 Å². The Morgan fingerprint density at radius 3 is 2.85 bits per heavy atom. The molecule has 20 heavy (non-hydrogen) atoms. The highest BCUT2D eigenvalue weighted by molar-refractivity contribution is 5.97. The molecule has 2 aromatic rings. The van der Waals surface area contributed by atoms with Crippen LogP contribution in [-0.4, -0.2) is 22.8 Å². The predicted molar refractivity (Wildman–Crippen MR) is 76.5 cm³/mol. The van der Waals surface area contributed by atoms with Crippen molar-refractivity contribution in [2.45, 2.75) is 13.5 Å². The van der Waals surface area contributed by atoms with Crippen molar-refractivity contribution in [1.82, 2.24) is 15.1 Å². The number of hydrogen-bond acceptors (Lipinski definition) is 4. The van der Waals surface area contributed by atoms with Crippen LogP contribution in [0.3, 0.4) is 0 Å². The fraction of sp³-hybridized carbons (Fsp3) is 0.286. The molecule has 0 atom stereocenters. The zero-order valence-electron chi connectivity index (χ0n) is 11.8. The first-order valence-corrected chi connectivity index (χ1v) is 6.22. The molecule has 0 fully saturated rings. The predicted octanol–water partition coefficient (Wildman–Crippen LogP) is 1.25. The average Bonchev–Trinajstić information content (AvgIpc) is 2.76. The van der Waals surface area contributed by atoms with Crippen LogP contribution in [0.1, 0.15) is 21.5 Å². The normalized spacial score (nSPS) is 10.3. The van der Waals surface area contributed by atoms with Gasteiger partial charge in [-0.1, -0.05) is 11.6 Å². The summed E-state index contributed by atoms with van der Waals surface area (Å²) >= 11 is 0. The van der Waals surface area contributed by atoms with Crippen LogP contribution in [-0.2, 0) is 13.6 Å². The summed E-state index contributed by atoms with van der Waals surface area (Å²) in [7, 11) is 3.30. The van der Waals surface area contributed by atoms with Crippen LogP contribution in [0, 0.1) is 6.92 Å². The quantitative estimate of drug-likeness (QED) is 0.879. The molecule has 0 spiro atoms. The van der Waals surface area contributed by atoms with Crippen molar-refractivity contribution < 1.29 is 9.53 Å². The van der Waals surface area contributed by atoms with Gasteiger partial charge >= 0.3 is 0 Å². The number of nitrogens with two attached hydrogens (primary N) is 1. The molecular formula is C14H18N4O2. The lowest BCUT2D eigenvalue weighted by Crippen LogP contribution is -2.23. The van der Waals surface area contributed by atoms with Crippen LogP contribution in [0.4, 0.5) is 5.82 Å². The van der Waals surface area contributed by atoms with Gasteiger partial charge in [-0.3, -0.25) is 9.48 Å². The smallest absolute Gasteiger partial charge is 0.255 e. The van der Waals surface area contributed by atoms with Crippen molar-refractivity contribution in [3.05, 3.63) is 41.1 Å². The second-order valence-electron chi connectivity index (χ2n) is 4.57. The van der Waals surface area contributed by atoms with E-state index in [0.717, 1.165) is 11.1 Å². The molecule has 6 nitrogen and oxygen atoms in total. The van der Waals surface area contributed by atoms with E-state index in [2.05, 4.69) is 10.4 Å². The fourth-order valence-corrected chi connectivity index (χ4v) is 1.90. The lowest BCUT2D eigenvalue weighted by atomic mass is 10.1. The minimum absolute atomic E-state index is 0.200. The summed E-state index contributed by atoms with van der Waals surface area (Å²) in [5.74, 6) is 0.891. The Kier molecular flexibility index (Phi) is 3.93. The highest BCUT2D eigenvalue weighted by Crippen LogP contribution is 2.19. The Labute approximate surface area is 117 Å². The molecule has 6 heteroatoms. The summed E-state index contributed by atoms with van der Waals surface area (Å²) in [5, 5.41) is 6.85. The minimum atomic E-state index is -0.200. The number of hydrogen-bond donors (Lipinski definition) is 2. The third kappa shape index (κ3) is 2.74. The number of carbonyl (C=O) groups excluding carboxylic acids is 1. The second kappa shape index (κ2) is 5.64. The molecule has 1 aromatic heterocycles. The second-order valence-corrected chi connectivity index (χ2v) is 4.57. The lowest BCUT2D eigenvalue weighted by molar-refractivity contribution is 0.0948. The summed E-state index contributed by atoms with van der Waals surface area (Å²) in [5.41, 5.74) is 8.12. The molecule has 1 aromatic carbocycles. The van der Waals surface area contributed by atoms with Crippen LogP contribution in [0.15, 0.2) is 24.4 Å². The molecule has 3 N–H and O–H groups in total. The molecule has 0 radical (unpaired) electrons. The number of aryl methyl sites for hydroxylation is 2. The number of nitrogens with one attached hydrogen (secondary N) is 1. The zero-order chi connectivity index (χ0) is 14.7. The standard InChI is InChI=1S/C14H18N4O2/c1-9-4-5-12(20-3)11(6-9)14(19)16-7-10-8-17-18(2)13(10)15/h4-6,8H,7,15H2,1-3H3,(H,16,19). The average molecular weight is 274 g/mol. The molecule has 0 bridgehead atoms. The SMILES string of the molecule is COc1ccc(C)cc1C(=O)NCc1cnn(C)c1N. The number of benzene rings is 1. The monoisotopic (exact) mass is 274 g/mol. The minimum Gasteiger partial charge on any atom is -0.496 e. The molecular weight excluding hydrogens is 256 g/mol. The van der Waals surface area contributed by atoms with Crippen molar-refractivity contribution in [2.75, 3.05) is 12.8 Å². The van der Waals surface area contributed by atoms with Crippen molar-refractivity contribution >= 4 is 11.7 Å². The lowest BCUT2D eigenvalue weighted by Gasteiger charge is -2.10. The van der Waals surface area contributed by atoms with E-state index >= 15 is 0 Å². The number of aromatic nitrogens is 2. The highest BCUT2D eigenvalue weighted by Gasteiger charge is 2.13. The Bertz CT molecular complexity index is 634. The Hall–Kier alpha value is -2.50. The van der Waals surface area contributed by atoms with E-state index in [1.807, 2.05) is 13.0 Å². The van der Waals surface area contributed by atoms with E-state index < -0.39 is 0 Å². The van der Waals surface area contributed by atoms with Crippen molar-refractivity contribution in [3.63, 3.8) is 0 Å². The number of amides is 1. The molecule has 1 heterocycles. The van der Waals surface area contributed by atoms with E-state index in [1.54, 1.807) is 37.2 Å². The third-order valence-electron chi connectivity index (χ3n) is 3.10. The number of ether oxygens (including phenoxy) is 1. The van der Waals surface area contributed by atoms with Crippen molar-refractivity contribution in [3.8, 4) is 5.75 Å². The van der Waals surface area contributed by atoms with Gasteiger partial charge in [-0.2, -0.15) is 5.10 Å². The van der Waals surface area contributed by atoms with E-state index in [0.29, 0.717) is 23.7 Å². The maximum atomic E-state index is 12.2. The van der Waals surface area contributed by atoms with Gasteiger partial charge in [0.15, 0.2) is 0 Å². The van der Waals surface area contributed by atoms with Gasteiger partial charge in [-0.05, 0) is 19.1 Å². The first-order chi connectivity index (χ1) is 9.52. The van der Waals surface area contributed by atoms with Crippen LogP contribution < -0.4 is 15.8 Å². The Morgan fingerprint density at radius 2 is 2.25 bits per heavy atom. The van der Waals surface area contributed by atoms with E-state index in [-0.39, 0.29) is 5.91 Å². The van der Waals surface area contributed by atoms with Gasteiger partial charge in [-0.25, -0.2) is 0 Å². The topological polar surface area (TPSA) is 82.2 Å². The molecule has 0 unspecified atom stereocenters. The summed E-state index contributed by atoms with van der Waals surface area (Å²) in [6.45, 7) is 2.25. The summed E-state index contributed by atoms with van der Waals surface area (Å²) < 4.78 is 6.76. The summed E-state index contributed by atoms with van der Waals surface area (Å²) in [6, 6.07) is 5.47. The van der Waals surface area contributed by atoms with Gasteiger partial charge in [0.05, 0.1) is 18.9 Å². The van der Waals surface area contributed by atoms with Gasteiger partial charge < -0.3 is 15.8 Å². The van der Waals surface area contributed by atoms with Gasteiger partial charge in [0.25, 0.3) is 5.91 Å². The number of carbonyl (C=O) groups is 1. The van der Waals surface area contributed by atoms with Crippen LogP contribution in [0.5, 0.6) is 5.75 Å². The summed E-state index contributed by atoms with van der Waals surface area (Å²) in [4.78, 5) is 12.2.